The molecule has 1 atom stereocenters. The number of hydrogen-bond acceptors (Lipinski definition) is 6. The first-order valence-electron chi connectivity index (χ1n) is 9.75. The summed E-state index contributed by atoms with van der Waals surface area (Å²) in [7, 11) is 0. The van der Waals surface area contributed by atoms with Crippen LogP contribution in [0, 0.1) is 8.98 Å². The normalized spacial score (nSPS) is 15.4. The monoisotopic (exact) mass is 621 g/mol. The molecule has 10 heteroatoms. The first-order chi connectivity index (χ1) is 15.6. The zero-order valence-electron chi connectivity index (χ0n) is 16.6. The van der Waals surface area contributed by atoms with Gasteiger partial charge in [0, 0.05) is 20.2 Å². The van der Waals surface area contributed by atoms with Crippen molar-refractivity contribution in [3.05, 3.63) is 90.9 Å². The van der Waals surface area contributed by atoms with Crippen molar-refractivity contribution >= 4 is 61.4 Å². The van der Waals surface area contributed by atoms with Gasteiger partial charge in [0.05, 0.1) is 6.33 Å². The molecule has 7 nitrogen and oxygen atoms in total. The van der Waals surface area contributed by atoms with Crippen molar-refractivity contribution in [3.63, 3.8) is 0 Å². The fourth-order valence-corrected chi connectivity index (χ4v) is 5.14. The highest BCUT2D eigenvalue weighted by atomic mass is 127. The Morgan fingerprint density at radius 3 is 2.94 bits per heavy atom. The van der Waals surface area contributed by atoms with Crippen LogP contribution in [0.15, 0.2) is 75.8 Å². The van der Waals surface area contributed by atoms with E-state index in [1.54, 1.807) is 12.6 Å². The van der Waals surface area contributed by atoms with Gasteiger partial charge >= 0.3 is 0 Å². The third-order valence-electron chi connectivity index (χ3n) is 4.90. The molecule has 1 aliphatic heterocycles. The number of H-pyrrole nitrogens is 1. The summed E-state index contributed by atoms with van der Waals surface area (Å²) in [5.41, 5.74) is 3.61. The van der Waals surface area contributed by atoms with Crippen LogP contribution < -0.4 is 5.49 Å². The lowest BCUT2D eigenvalue weighted by Crippen LogP contribution is -2.13. The second-order valence-electron chi connectivity index (χ2n) is 7.05. The molecule has 5 rings (SSSR count). The number of nitrogens with zero attached hydrogens (tertiary/aromatic N) is 3. The fraction of sp³-hybridized carbons (Fsp3) is 0.136. The van der Waals surface area contributed by atoms with Crippen LogP contribution in [0.1, 0.15) is 17.4 Å². The van der Waals surface area contributed by atoms with E-state index >= 15 is 0 Å². The summed E-state index contributed by atoms with van der Waals surface area (Å²) in [6.07, 6.45) is 3.60. The topological polar surface area (TPSA) is 88.8 Å². The molecular formula is C22H17BrIN5O2S. The molecule has 0 spiro atoms. The predicted octanol–water partition coefficient (Wildman–Crippen LogP) is 5.49. The number of aromatic nitrogens is 4. The van der Waals surface area contributed by atoms with Gasteiger partial charge in [-0.2, -0.15) is 0 Å². The second-order valence-corrected chi connectivity index (χ2v) is 10.1. The minimum absolute atomic E-state index is 0.161. The number of hydrogen-bond donors (Lipinski definition) is 2. The Bertz CT molecular complexity index is 1390. The minimum Gasteiger partial charge on any atom is -0.454 e. The molecule has 32 heavy (non-hydrogen) atoms. The molecule has 0 aliphatic carbocycles. The minimum atomic E-state index is -0.510. The highest BCUT2D eigenvalue weighted by molar-refractivity contribution is 14.1. The van der Waals surface area contributed by atoms with Crippen molar-refractivity contribution in [2.24, 2.45) is 0 Å². The molecule has 0 saturated carbocycles. The number of aromatic amines is 1. The number of nitrogens with one attached hydrogen (secondary N) is 2. The molecule has 0 saturated heterocycles. The van der Waals surface area contributed by atoms with E-state index in [4.69, 9.17) is 19.9 Å². The molecule has 2 aromatic carbocycles. The SMILES string of the molecule is N=c1ncn(CCc2cccc(I)c2)c2nc(SC3=COC(c4ccccc4Br)O3)[nH]c12. The van der Waals surface area contributed by atoms with Crippen LogP contribution in [0.25, 0.3) is 11.2 Å². The Morgan fingerprint density at radius 1 is 1.22 bits per heavy atom. The van der Waals surface area contributed by atoms with Gasteiger partial charge in [-0.25, -0.2) is 9.97 Å². The maximum Gasteiger partial charge on any atom is 0.268 e. The lowest BCUT2D eigenvalue weighted by Gasteiger charge is -2.12. The number of halogens is 2. The summed E-state index contributed by atoms with van der Waals surface area (Å²) in [6, 6.07) is 16.2. The number of aryl methyl sites for hydroxylation is 2. The summed E-state index contributed by atoms with van der Waals surface area (Å²) >= 11 is 7.17. The molecule has 2 aromatic heterocycles. The van der Waals surface area contributed by atoms with Crippen molar-refractivity contribution in [1.82, 2.24) is 19.5 Å². The smallest absolute Gasteiger partial charge is 0.268 e. The molecule has 2 N–H and O–H groups in total. The second kappa shape index (κ2) is 9.28. The van der Waals surface area contributed by atoms with Crippen molar-refractivity contribution < 1.29 is 9.47 Å². The molecule has 3 heterocycles. The van der Waals surface area contributed by atoms with Crippen molar-refractivity contribution in [2.75, 3.05) is 0 Å². The Balaban J connectivity index is 1.33. The highest BCUT2D eigenvalue weighted by Gasteiger charge is 2.25. The lowest BCUT2D eigenvalue weighted by molar-refractivity contribution is -0.0278. The van der Waals surface area contributed by atoms with Crippen molar-refractivity contribution in [1.29, 1.82) is 5.41 Å². The van der Waals surface area contributed by atoms with Gasteiger partial charge in [0.25, 0.3) is 6.29 Å². The zero-order chi connectivity index (χ0) is 22.1. The predicted molar refractivity (Wildman–Crippen MR) is 134 cm³/mol. The highest BCUT2D eigenvalue weighted by Crippen LogP contribution is 2.38. The molecule has 1 aliphatic rings. The van der Waals surface area contributed by atoms with Crippen LogP contribution in [-0.4, -0.2) is 19.5 Å². The quantitative estimate of drug-likeness (QED) is 0.278. The van der Waals surface area contributed by atoms with E-state index in [0.29, 0.717) is 28.0 Å². The van der Waals surface area contributed by atoms with Gasteiger partial charge in [-0.05, 0) is 64.5 Å². The Kier molecular flexibility index (Phi) is 6.24. The summed E-state index contributed by atoms with van der Waals surface area (Å²) in [6.45, 7) is 0.714. The number of ether oxygens (including phenoxy) is 2. The number of rotatable bonds is 6. The van der Waals surface area contributed by atoms with Crippen molar-refractivity contribution in [2.45, 2.75) is 24.4 Å². The molecule has 0 fully saturated rings. The van der Waals surface area contributed by atoms with E-state index in [2.05, 4.69) is 72.8 Å². The largest absolute Gasteiger partial charge is 0.454 e. The van der Waals surface area contributed by atoms with Crippen LogP contribution >= 0.6 is 50.3 Å². The molecule has 4 aromatic rings. The summed E-state index contributed by atoms with van der Waals surface area (Å²) < 4.78 is 15.7. The molecule has 0 amide bonds. The maximum absolute atomic E-state index is 8.17. The Labute approximate surface area is 210 Å². The fourth-order valence-electron chi connectivity index (χ4n) is 3.34. The van der Waals surface area contributed by atoms with Crippen molar-refractivity contribution in [3.8, 4) is 0 Å². The lowest BCUT2D eigenvalue weighted by atomic mass is 10.1. The number of thioether (sulfide) groups is 1. The van der Waals surface area contributed by atoms with E-state index in [0.717, 1.165) is 16.5 Å². The maximum atomic E-state index is 8.17. The molecule has 162 valence electrons. The first kappa shape index (κ1) is 21.5. The van der Waals surface area contributed by atoms with E-state index in [1.165, 1.54) is 20.9 Å². The van der Waals surface area contributed by atoms with E-state index < -0.39 is 6.29 Å². The average molecular weight is 622 g/mol. The summed E-state index contributed by atoms with van der Waals surface area (Å²) in [5, 5.41) is 9.38. The van der Waals surface area contributed by atoms with Crippen LogP contribution in [-0.2, 0) is 22.4 Å². The van der Waals surface area contributed by atoms with Crippen LogP contribution in [0.4, 0.5) is 0 Å². The van der Waals surface area contributed by atoms with Gasteiger partial charge in [0.15, 0.2) is 16.3 Å². The van der Waals surface area contributed by atoms with Gasteiger partial charge in [-0.1, -0.05) is 46.3 Å². The summed E-state index contributed by atoms with van der Waals surface area (Å²) in [4.78, 5) is 12.1. The van der Waals surface area contributed by atoms with E-state index in [-0.39, 0.29) is 5.49 Å². The van der Waals surface area contributed by atoms with Crippen LogP contribution in [0.5, 0.6) is 0 Å². The Hall–Kier alpha value is -2.31. The molecule has 1 unspecified atom stereocenters. The molecule has 0 bridgehead atoms. The Morgan fingerprint density at radius 2 is 2.09 bits per heavy atom. The first-order valence-corrected chi connectivity index (χ1v) is 12.4. The third kappa shape index (κ3) is 4.57. The van der Waals surface area contributed by atoms with Gasteiger partial charge in [-0.15, -0.1) is 0 Å². The third-order valence-corrected chi connectivity index (χ3v) is 7.07. The van der Waals surface area contributed by atoms with E-state index in [1.807, 2.05) is 28.8 Å². The zero-order valence-corrected chi connectivity index (χ0v) is 21.1. The molecule has 0 radical (unpaired) electrons. The van der Waals surface area contributed by atoms with Gasteiger partial charge in [0.2, 0.25) is 5.09 Å². The van der Waals surface area contributed by atoms with Crippen LogP contribution in [0.2, 0.25) is 0 Å². The van der Waals surface area contributed by atoms with E-state index in [9.17, 15) is 0 Å². The van der Waals surface area contributed by atoms with Gasteiger partial charge in [-0.3, -0.25) is 5.41 Å². The standard InChI is InChI=1S/C22H17BrIN5O2S/c23-16-7-2-1-6-15(16)21-30-11-17(31-21)32-22-27-18-19(25)26-12-29(20(18)28-22)9-8-13-4-3-5-14(24)10-13/h1-7,10-12,21,25H,8-9H2,(H,27,28). The molecular weight excluding hydrogens is 605 g/mol. The number of benzene rings is 2. The number of imidazole rings is 1. The number of fused-ring (bicyclic) bond motifs is 1. The van der Waals surface area contributed by atoms with Gasteiger partial charge < -0.3 is 19.0 Å². The summed E-state index contributed by atoms with van der Waals surface area (Å²) in [5.74, 6) is 0. The van der Waals surface area contributed by atoms with Crippen LogP contribution in [0.3, 0.4) is 0 Å². The van der Waals surface area contributed by atoms with Gasteiger partial charge in [0.1, 0.15) is 11.8 Å². The average Bonchev–Trinajstić information content (AvgIpc) is 3.42.